The maximum Gasteiger partial charge on any atom is 0.241 e. The van der Waals surface area contributed by atoms with E-state index >= 15 is 0 Å². The van der Waals surface area contributed by atoms with Crippen LogP contribution in [0.1, 0.15) is 25.8 Å². The van der Waals surface area contributed by atoms with Crippen molar-refractivity contribution in [2.45, 2.75) is 33.2 Å². The first-order valence-corrected chi connectivity index (χ1v) is 11.7. The van der Waals surface area contributed by atoms with Gasteiger partial charge in [-0.3, -0.25) is 9.10 Å². The molecule has 0 aliphatic heterocycles. The lowest BCUT2D eigenvalue weighted by Crippen LogP contribution is -2.44. The lowest BCUT2D eigenvalue weighted by Gasteiger charge is -2.23. The molecular formula is C22H30N2O5S. The van der Waals surface area contributed by atoms with Gasteiger partial charge in [0, 0.05) is 0 Å². The number of rotatable bonds is 11. The molecule has 8 heteroatoms. The van der Waals surface area contributed by atoms with Gasteiger partial charge in [0.1, 0.15) is 24.7 Å². The Hall–Kier alpha value is -2.74. The van der Waals surface area contributed by atoms with Gasteiger partial charge in [0.2, 0.25) is 15.9 Å². The van der Waals surface area contributed by atoms with Crippen LogP contribution >= 0.6 is 0 Å². The molecule has 0 radical (unpaired) electrons. The number of ether oxygens (including phenoxy) is 2. The number of para-hydroxylation sites is 1. The number of nitrogens with one attached hydrogen (secondary N) is 1. The average molecular weight is 435 g/mol. The van der Waals surface area contributed by atoms with Gasteiger partial charge in [0.25, 0.3) is 0 Å². The first-order valence-electron chi connectivity index (χ1n) is 9.89. The summed E-state index contributed by atoms with van der Waals surface area (Å²) >= 11 is 0. The SMILES string of the molecule is CCCOc1ccc(N(CC(=O)N[C@H](C)COc2ccccc2C)S(C)(=O)=O)cc1. The number of hydrogen-bond acceptors (Lipinski definition) is 5. The van der Waals surface area contributed by atoms with Crippen LogP contribution in [0.3, 0.4) is 0 Å². The first-order chi connectivity index (χ1) is 14.2. The summed E-state index contributed by atoms with van der Waals surface area (Å²) in [6.45, 7) is 6.30. The highest BCUT2D eigenvalue weighted by Crippen LogP contribution is 2.22. The van der Waals surface area contributed by atoms with E-state index < -0.39 is 15.9 Å². The number of hydrogen-bond donors (Lipinski definition) is 1. The lowest BCUT2D eigenvalue weighted by atomic mass is 10.2. The summed E-state index contributed by atoms with van der Waals surface area (Å²) in [5.74, 6) is 0.995. The minimum Gasteiger partial charge on any atom is -0.494 e. The van der Waals surface area contributed by atoms with Crippen LogP contribution in [-0.4, -0.2) is 46.4 Å². The van der Waals surface area contributed by atoms with Gasteiger partial charge in [-0.2, -0.15) is 0 Å². The third-order valence-corrected chi connectivity index (χ3v) is 5.42. The van der Waals surface area contributed by atoms with Crippen molar-refractivity contribution in [1.29, 1.82) is 0 Å². The number of benzene rings is 2. The predicted octanol–water partition coefficient (Wildman–Crippen LogP) is 3.13. The van der Waals surface area contributed by atoms with Crippen molar-refractivity contribution in [1.82, 2.24) is 5.32 Å². The zero-order valence-corrected chi connectivity index (χ0v) is 18.7. The molecule has 0 heterocycles. The minimum absolute atomic E-state index is 0.277. The van der Waals surface area contributed by atoms with E-state index in [0.717, 1.165) is 28.3 Å². The van der Waals surface area contributed by atoms with Crippen LogP contribution in [0, 0.1) is 6.92 Å². The molecule has 0 aliphatic rings. The summed E-state index contributed by atoms with van der Waals surface area (Å²) in [4.78, 5) is 12.5. The zero-order valence-electron chi connectivity index (χ0n) is 17.9. The Morgan fingerprint density at radius 3 is 2.37 bits per heavy atom. The van der Waals surface area contributed by atoms with Crippen molar-refractivity contribution in [3.05, 3.63) is 54.1 Å². The molecule has 0 unspecified atom stereocenters. The topological polar surface area (TPSA) is 84.9 Å². The molecule has 30 heavy (non-hydrogen) atoms. The normalized spacial score (nSPS) is 12.1. The molecule has 0 fully saturated rings. The molecule has 0 saturated heterocycles. The van der Waals surface area contributed by atoms with Gasteiger partial charge in [-0.15, -0.1) is 0 Å². The Kier molecular flexibility index (Phi) is 8.53. The van der Waals surface area contributed by atoms with Crippen molar-refractivity contribution in [2.24, 2.45) is 0 Å². The molecule has 0 bridgehead atoms. The molecule has 2 aromatic rings. The summed E-state index contributed by atoms with van der Waals surface area (Å²) in [6.07, 6.45) is 1.95. The van der Waals surface area contributed by atoms with Gasteiger partial charge in [0.05, 0.1) is 24.6 Å². The van der Waals surface area contributed by atoms with Crippen molar-refractivity contribution < 1.29 is 22.7 Å². The predicted molar refractivity (Wildman–Crippen MR) is 119 cm³/mol. The maximum atomic E-state index is 12.5. The molecule has 0 saturated carbocycles. The fourth-order valence-electron chi connectivity index (χ4n) is 2.75. The Labute approximate surface area is 179 Å². The molecular weight excluding hydrogens is 404 g/mol. The van der Waals surface area contributed by atoms with E-state index in [1.807, 2.05) is 38.1 Å². The Morgan fingerprint density at radius 1 is 1.10 bits per heavy atom. The standard InChI is InChI=1S/C22H30N2O5S/c1-5-14-28-20-12-10-19(11-13-20)24(30(4,26)27)15-22(25)23-18(3)16-29-21-9-7-6-8-17(21)2/h6-13,18H,5,14-16H2,1-4H3,(H,23,25)/t18-/m1/s1. The van der Waals surface area contributed by atoms with E-state index in [0.29, 0.717) is 18.0 Å². The molecule has 0 spiro atoms. The fraction of sp³-hybridized carbons (Fsp3) is 0.409. The van der Waals surface area contributed by atoms with Crippen LogP contribution in [0.2, 0.25) is 0 Å². The van der Waals surface area contributed by atoms with Crippen LogP contribution in [0.4, 0.5) is 5.69 Å². The Morgan fingerprint density at radius 2 is 1.77 bits per heavy atom. The monoisotopic (exact) mass is 434 g/mol. The summed E-state index contributed by atoms with van der Waals surface area (Å²) < 4.78 is 36.8. The summed E-state index contributed by atoms with van der Waals surface area (Å²) in [5, 5.41) is 2.79. The molecule has 2 aromatic carbocycles. The molecule has 0 aromatic heterocycles. The van der Waals surface area contributed by atoms with E-state index in [1.165, 1.54) is 0 Å². The average Bonchev–Trinajstić information content (AvgIpc) is 2.69. The zero-order chi connectivity index (χ0) is 22.1. The second-order valence-electron chi connectivity index (χ2n) is 7.16. The highest BCUT2D eigenvalue weighted by Gasteiger charge is 2.22. The number of anilines is 1. The second-order valence-corrected chi connectivity index (χ2v) is 9.06. The van der Waals surface area contributed by atoms with Crippen LogP contribution in [0.15, 0.2) is 48.5 Å². The molecule has 2 rings (SSSR count). The second kappa shape index (κ2) is 10.9. The van der Waals surface area contributed by atoms with Crippen molar-refractivity contribution >= 4 is 21.6 Å². The van der Waals surface area contributed by atoms with E-state index in [-0.39, 0.29) is 19.2 Å². The Bertz CT molecular complexity index is 929. The summed E-state index contributed by atoms with van der Waals surface area (Å²) in [7, 11) is -3.64. The van der Waals surface area contributed by atoms with Crippen molar-refractivity contribution in [3.8, 4) is 11.5 Å². The fourth-order valence-corrected chi connectivity index (χ4v) is 3.61. The van der Waals surface area contributed by atoms with E-state index in [4.69, 9.17) is 9.47 Å². The van der Waals surface area contributed by atoms with Crippen LogP contribution in [-0.2, 0) is 14.8 Å². The van der Waals surface area contributed by atoms with Gasteiger partial charge in [-0.25, -0.2) is 8.42 Å². The van der Waals surface area contributed by atoms with Gasteiger partial charge in [-0.1, -0.05) is 25.1 Å². The molecule has 164 valence electrons. The smallest absolute Gasteiger partial charge is 0.241 e. The third kappa shape index (κ3) is 7.26. The van der Waals surface area contributed by atoms with Crippen LogP contribution in [0.25, 0.3) is 0 Å². The molecule has 1 N–H and O–H groups in total. The maximum absolute atomic E-state index is 12.5. The lowest BCUT2D eigenvalue weighted by molar-refractivity contribution is -0.120. The number of carbonyl (C=O) groups excluding carboxylic acids is 1. The number of carbonyl (C=O) groups is 1. The van der Waals surface area contributed by atoms with Gasteiger partial charge >= 0.3 is 0 Å². The summed E-state index contributed by atoms with van der Waals surface area (Å²) in [6, 6.07) is 14.0. The van der Waals surface area contributed by atoms with Crippen molar-refractivity contribution in [2.75, 3.05) is 30.3 Å². The van der Waals surface area contributed by atoms with Gasteiger partial charge < -0.3 is 14.8 Å². The van der Waals surface area contributed by atoms with Crippen LogP contribution in [0.5, 0.6) is 11.5 Å². The number of sulfonamides is 1. The molecule has 0 aliphatic carbocycles. The first kappa shape index (κ1) is 23.5. The summed E-state index contributed by atoms with van der Waals surface area (Å²) in [5.41, 5.74) is 1.41. The van der Waals surface area contributed by atoms with Gasteiger partial charge in [-0.05, 0) is 56.2 Å². The quantitative estimate of drug-likeness (QED) is 0.587. The van der Waals surface area contributed by atoms with E-state index in [9.17, 15) is 13.2 Å². The van der Waals surface area contributed by atoms with Crippen LogP contribution < -0.4 is 19.1 Å². The van der Waals surface area contributed by atoms with E-state index in [2.05, 4.69) is 5.32 Å². The highest BCUT2D eigenvalue weighted by molar-refractivity contribution is 7.92. The molecule has 1 amide bonds. The van der Waals surface area contributed by atoms with E-state index in [1.54, 1.807) is 31.2 Å². The minimum atomic E-state index is -3.64. The highest BCUT2D eigenvalue weighted by atomic mass is 32.2. The number of amides is 1. The van der Waals surface area contributed by atoms with Gasteiger partial charge in [0.15, 0.2) is 0 Å². The Balaban J connectivity index is 1.97. The number of nitrogens with zero attached hydrogens (tertiary/aromatic N) is 1. The molecule has 1 atom stereocenters. The van der Waals surface area contributed by atoms with Crippen molar-refractivity contribution in [3.63, 3.8) is 0 Å². The largest absolute Gasteiger partial charge is 0.494 e. The third-order valence-electron chi connectivity index (χ3n) is 4.27. The molecule has 7 nitrogen and oxygen atoms in total. The number of aryl methyl sites for hydroxylation is 1.